The van der Waals surface area contributed by atoms with Gasteiger partial charge in [0.05, 0.1) is 17.0 Å². The van der Waals surface area contributed by atoms with Crippen LogP contribution in [-0.4, -0.2) is 34.7 Å². The molecule has 1 saturated heterocycles. The minimum absolute atomic E-state index is 0.0465. The number of hydrogen-bond donors (Lipinski definition) is 0. The van der Waals surface area contributed by atoms with E-state index in [-0.39, 0.29) is 7.92 Å². The topological polar surface area (TPSA) is 6.48 Å². The fourth-order valence-electron chi connectivity index (χ4n) is 10.4. The first-order valence-electron chi connectivity index (χ1n) is 23.1. The van der Waals surface area contributed by atoms with Crippen LogP contribution in [0.3, 0.4) is 0 Å². The van der Waals surface area contributed by atoms with Gasteiger partial charge < -0.3 is 9.80 Å². The van der Waals surface area contributed by atoms with Gasteiger partial charge in [-0.3, -0.25) is 0 Å². The van der Waals surface area contributed by atoms with Gasteiger partial charge in [0, 0.05) is 32.4 Å². The third-order valence-electron chi connectivity index (χ3n) is 13.3. The van der Waals surface area contributed by atoms with E-state index in [0.29, 0.717) is 23.7 Å². The van der Waals surface area contributed by atoms with Crippen LogP contribution in [0, 0.1) is 6.67 Å². The van der Waals surface area contributed by atoms with Crippen molar-refractivity contribution >= 4 is 23.9 Å². The summed E-state index contributed by atoms with van der Waals surface area (Å²) in [5, 5.41) is 0. The summed E-state index contributed by atoms with van der Waals surface area (Å²) in [7, 11) is -0.0465. The number of rotatable bonds is 10. The van der Waals surface area contributed by atoms with Crippen molar-refractivity contribution in [2.45, 2.75) is 192 Å². The second kappa shape index (κ2) is 23.1. The van der Waals surface area contributed by atoms with Gasteiger partial charge in [-0.25, -0.2) is 0 Å². The zero-order chi connectivity index (χ0) is 40.0. The van der Waals surface area contributed by atoms with Gasteiger partial charge in [-0.2, -0.15) is 6.67 Å². The molecule has 1 heterocycles. The number of hydrogen-bond acceptors (Lipinski definition) is 2. The molecular weight excluding hydrogens is 785 g/mol. The summed E-state index contributed by atoms with van der Waals surface area (Å²) in [6, 6.07) is 23.9. The van der Waals surface area contributed by atoms with Crippen LogP contribution in [0.4, 0.5) is 11.4 Å². The molecule has 0 aromatic heterocycles. The Bertz CT molecular complexity index is 1410. The third-order valence-corrected chi connectivity index (χ3v) is 18.4. The Morgan fingerprint density at radius 3 is 1.07 bits per heavy atom. The third kappa shape index (κ3) is 12.4. The van der Waals surface area contributed by atoms with Crippen LogP contribution < -0.4 is 9.80 Å². The minimum atomic E-state index is -0.0465. The molecule has 2 nitrogen and oxygen atoms in total. The molecule has 0 radical (unpaired) electrons. The fourth-order valence-corrected chi connectivity index (χ4v) is 15.9. The van der Waals surface area contributed by atoms with E-state index in [1.54, 1.807) is 96.3 Å². The first-order chi connectivity index (χ1) is 27.1. The second-order valence-corrected chi connectivity index (χ2v) is 22.7. The summed E-state index contributed by atoms with van der Waals surface area (Å²) in [5.74, 6) is 2.06. The molecular formula is C52H79N2PRu+. The van der Waals surface area contributed by atoms with Crippen LogP contribution in [-0.2, 0) is 17.9 Å². The molecule has 0 amide bonds. The molecule has 3 aliphatic carbocycles. The van der Waals surface area contributed by atoms with Crippen molar-refractivity contribution in [3.63, 3.8) is 0 Å². The molecule has 4 aliphatic rings. The average Bonchev–Trinajstić information content (AvgIpc) is 3.72. The Hall–Kier alpha value is -1.82. The average molecular weight is 864 g/mol. The summed E-state index contributed by atoms with van der Waals surface area (Å²) in [5.41, 5.74) is 13.6. The van der Waals surface area contributed by atoms with Gasteiger partial charge in [0.15, 0.2) is 0 Å². The first kappa shape index (κ1) is 45.3. The molecule has 1 aliphatic heterocycles. The normalized spacial score (nSPS) is 18.7. The second-order valence-electron chi connectivity index (χ2n) is 18.7. The maximum absolute atomic E-state index is 2.51. The molecule has 0 N–H and O–H groups in total. The summed E-state index contributed by atoms with van der Waals surface area (Å²) < 4.78 is 2.01. The summed E-state index contributed by atoms with van der Waals surface area (Å²) in [6.45, 7) is 22.9. The van der Waals surface area contributed by atoms with Crippen LogP contribution in [0.1, 0.15) is 203 Å². The number of benzene rings is 3. The summed E-state index contributed by atoms with van der Waals surface area (Å²) in [6.07, 6.45) is 23.8. The quantitative estimate of drug-likeness (QED) is 0.114. The first-order valence-corrected chi connectivity index (χ1v) is 25.8. The van der Waals surface area contributed by atoms with Gasteiger partial charge in [-0.1, -0.05) is 111 Å². The van der Waals surface area contributed by atoms with Gasteiger partial charge in [-0.05, 0) is 123 Å². The van der Waals surface area contributed by atoms with E-state index in [1.165, 1.54) is 56.2 Å². The van der Waals surface area contributed by atoms with Crippen LogP contribution in [0.25, 0.3) is 0 Å². The predicted octanol–water partition coefficient (Wildman–Crippen LogP) is 15.2. The molecule has 0 unspecified atom stereocenters. The van der Waals surface area contributed by atoms with Crippen LogP contribution in [0.2, 0.25) is 0 Å². The van der Waals surface area contributed by atoms with Gasteiger partial charge >= 0.3 is 58.4 Å². The number of nitrogens with zero attached hydrogens (tertiary/aromatic N) is 2. The molecule has 309 valence electrons. The molecule has 0 spiro atoms. The van der Waals surface area contributed by atoms with Gasteiger partial charge in [0.2, 0.25) is 0 Å². The van der Waals surface area contributed by atoms with E-state index < -0.39 is 0 Å². The standard InChI is InChI=1S/C27H39N2.C18H33P.C7H6.Ru/c1-18(2)22-11-9-12-23(19(3)4)26(22)28-15-16-29(17-28)27-24(20(5)6)13-10-14-25(27)21(7)8;1-4-10-16(11-5-1)19(17-12-6-2-7-13-17)18-14-8-3-9-15-18;1-7-5-3-2-4-6-7;/h9-14,17-21H,15-16H2,1-8H3;16-18H,1-15H2;1-6H;/q-1;;;+1/p+1. The van der Waals surface area contributed by atoms with Crippen LogP contribution >= 0.6 is 7.92 Å². The van der Waals surface area contributed by atoms with Crippen molar-refractivity contribution < 1.29 is 17.9 Å². The Morgan fingerprint density at radius 2 is 0.804 bits per heavy atom. The SMILES string of the molecule is C1CCC([PH+](C2CCCCC2)C2CCCCC2)CC1.CC(C)c1cccc(C(C)C)c1N1[CH-]N(c2c(C(C)C)cccc2C(C)C)CC1.[Ru+]=[CH]c1ccccc1. The van der Waals surface area contributed by atoms with Crippen molar-refractivity contribution in [1.82, 2.24) is 0 Å². The molecule has 3 saturated carbocycles. The molecule has 3 aromatic carbocycles. The Morgan fingerprint density at radius 1 is 0.482 bits per heavy atom. The Labute approximate surface area is 356 Å². The zero-order valence-corrected chi connectivity index (χ0v) is 39.6. The van der Waals surface area contributed by atoms with Crippen molar-refractivity contribution in [3.8, 4) is 0 Å². The van der Waals surface area contributed by atoms with E-state index in [2.05, 4.69) is 138 Å². The fraction of sp³-hybridized carbons (Fsp3) is 0.615. The van der Waals surface area contributed by atoms with Crippen molar-refractivity contribution in [3.05, 3.63) is 101 Å². The van der Waals surface area contributed by atoms with Crippen LogP contribution in [0.5, 0.6) is 0 Å². The molecule has 0 bridgehead atoms. The summed E-state index contributed by atoms with van der Waals surface area (Å²) >= 11 is 2.48. The number of anilines is 2. The molecule has 4 heteroatoms. The van der Waals surface area contributed by atoms with Crippen molar-refractivity contribution in [2.75, 3.05) is 22.9 Å². The Balaban J connectivity index is 0.000000188. The van der Waals surface area contributed by atoms with E-state index in [0.717, 1.165) is 13.1 Å². The van der Waals surface area contributed by atoms with Gasteiger partial charge in [0.25, 0.3) is 0 Å². The molecule has 56 heavy (non-hydrogen) atoms. The molecule has 3 aromatic rings. The van der Waals surface area contributed by atoms with E-state index in [4.69, 9.17) is 0 Å². The van der Waals surface area contributed by atoms with Crippen molar-refractivity contribution in [1.29, 1.82) is 0 Å². The molecule has 7 rings (SSSR count). The van der Waals surface area contributed by atoms with Crippen molar-refractivity contribution in [2.24, 2.45) is 0 Å². The monoisotopic (exact) mass is 865 g/mol. The Kier molecular flexibility index (Phi) is 18.7. The van der Waals surface area contributed by atoms with Gasteiger partial charge in [0.1, 0.15) is 0 Å². The van der Waals surface area contributed by atoms with E-state index in [9.17, 15) is 0 Å². The predicted molar refractivity (Wildman–Crippen MR) is 249 cm³/mol. The molecule has 4 fully saturated rings. The summed E-state index contributed by atoms with van der Waals surface area (Å²) in [4.78, 5) is 5.01. The molecule has 0 atom stereocenters. The van der Waals surface area contributed by atoms with E-state index >= 15 is 0 Å². The van der Waals surface area contributed by atoms with Crippen LogP contribution in [0.15, 0.2) is 66.7 Å². The zero-order valence-electron chi connectivity index (χ0n) is 36.8. The number of para-hydroxylation sites is 2. The van der Waals surface area contributed by atoms with Gasteiger partial charge in [-0.15, -0.1) is 0 Å². The maximum atomic E-state index is 2.51. The van der Waals surface area contributed by atoms with E-state index in [1.807, 2.05) is 22.8 Å².